The summed E-state index contributed by atoms with van der Waals surface area (Å²) in [4.78, 5) is 10.6. The Morgan fingerprint density at radius 3 is 1.92 bits per heavy atom. The van der Waals surface area contributed by atoms with Crippen molar-refractivity contribution in [1.29, 1.82) is 0 Å². The van der Waals surface area contributed by atoms with Crippen LogP contribution in [0.5, 0.6) is 0 Å². The molecule has 0 rings (SSSR count). The van der Waals surface area contributed by atoms with E-state index in [0.29, 0.717) is 6.61 Å². The largest absolute Gasteiger partial charge is 0.466 e. The molecule has 0 radical (unpaired) electrons. The smallest absolute Gasteiger partial charge is 0.302 e. The Kier molecular flexibility index (Phi) is 6.04. The van der Waals surface area contributed by atoms with Crippen molar-refractivity contribution in [3.05, 3.63) is 0 Å². The lowest BCUT2D eigenvalue weighted by molar-refractivity contribution is -0.140. The van der Waals surface area contributed by atoms with Crippen molar-refractivity contribution in [2.45, 2.75) is 51.9 Å². The van der Waals surface area contributed by atoms with Crippen LogP contribution in [0.15, 0.2) is 0 Å². The molecular formula is C10H22O2Si. The lowest BCUT2D eigenvalue weighted by Crippen LogP contribution is -2.32. The first kappa shape index (κ1) is 12.7. The third-order valence-electron chi connectivity index (χ3n) is 3.19. The second-order valence-electron chi connectivity index (χ2n) is 3.65. The number of carbonyl (C=O) groups is 1. The van der Waals surface area contributed by atoms with E-state index in [1.54, 1.807) is 0 Å². The van der Waals surface area contributed by atoms with E-state index in [-0.39, 0.29) is 5.97 Å². The number of hydrogen-bond acceptors (Lipinski definition) is 2. The van der Waals surface area contributed by atoms with Gasteiger partial charge in [0.05, 0.1) is 14.7 Å². The molecule has 0 fully saturated rings. The van der Waals surface area contributed by atoms with Crippen molar-refractivity contribution >= 4 is 14.0 Å². The zero-order valence-electron chi connectivity index (χ0n) is 9.35. The van der Waals surface area contributed by atoms with Gasteiger partial charge in [-0.1, -0.05) is 38.9 Å². The van der Waals surface area contributed by atoms with Gasteiger partial charge in [0, 0.05) is 6.92 Å². The maximum Gasteiger partial charge on any atom is 0.302 e. The van der Waals surface area contributed by atoms with Crippen molar-refractivity contribution in [2.75, 3.05) is 6.61 Å². The summed E-state index contributed by atoms with van der Waals surface area (Å²) in [5.74, 6) is -0.147. The SMILES string of the molecule is CC[Si](CC)(CC)CCOC(C)=O. The van der Waals surface area contributed by atoms with Crippen LogP contribution in [0, 0.1) is 0 Å². The van der Waals surface area contributed by atoms with Crippen molar-refractivity contribution in [3.63, 3.8) is 0 Å². The molecule has 0 saturated carbocycles. The summed E-state index contributed by atoms with van der Waals surface area (Å²) in [5, 5.41) is 0. The van der Waals surface area contributed by atoms with Crippen LogP contribution >= 0.6 is 0 Å². The molecule has 0 aromatic rings. The standard InChI is InChI=1S/C10H22O2Si/c1-5-13(6-2,7-3)9-8-12-10(4)11/h5-9H2,1-4H3. The van der Waals surface area contributed by atoms with Crippen LogP contribution in [0.4, 0.5) is 0 Å². The molecule has 3 heteroatoms. The Morgan fingerprint density at radius 1 is 1.15 bits per heavy atom. The fourth-order valence-corrected chi connectivity index (χ4v) is 4.79. The molecule has 0 aliphatic carbocycles. The van der Waals surface area contributed by atoms with E-state index in [9.17, 15) is 4.79 Å². The van der Waals surface area contributed by atoms with Gasteiger partial charge < -0.3 is 4.74 Å². The van der Waals surface area contributed by atoms with Gasteiger partial charge in [-0.25, -0.2) is 0 Å². The predicted octanol–water partition coefficient (Wildman–Crippen LogP) is 3.06. The Bertz CT molecular complexity index is 145. The lowest BCUT2D eigenvalue weighted by Gasteiger charge is -2.27. The second kappa shape index (κ2) is 6.19. The molecule has 78 valence electrons. The number of hydrogen-bond donors (Lipinski definition) is 0. The Hall–Kier alpha value is -0.313. The summed E-state index contributed by atoms with van der Waals surface area (Å²) in [6, 6.07) is 5.06. The molecule has 2 nitrogen and oxygen atoms in total. The minimum absolute atomic E-state index is 0.147. The number of rotatable bonds is 6. The summed E-state index contributed by atoms with van der Waals surface area (Å²) in [5.41, 5.74) is 0. The van der Waals surface area contributed by atoms with Gasteiger partial charge in [0.25, 0.3) is 0 Å². The number of ether oxygens (including phenoxy) is 1. The highest BCUT2D eigenvalue weighted by molar-refractivity contribution is 6.79. The molecule has 0 aromatic carbocycles. The molecule has 13 heavy (non-hydrogen) atoms. The summed E-state index contributed by atoms with van der Waals surface area (Å²) >= 11 is 0. The molecule has 0 aliphatic heterocycles. The van der Waals surface area contributed by atoms with Crippen LogP contribution in [0.3, 0.4) is 0 Å². The topological polar surface area (TPSA) is 26.3 Å². The molecule has 0 amide bonds. The first-order valence-corrected chi connectivity index (χ1v) is 8.06. The van der Waals surface area contributed by atoms with Crippen molar-refractivity contribution in [2.24, 2.45) is 0 Å². The van der Waals surface area contributed by atoms with Crippen LogP contribution in [0.25, 0.3) is 0 Å². The minimum Gasteiger partial charge on any atom is -0.466 e. The Morgan fingerprint density at radius 2 is 1.62 bits per heavy atom. The van der Waals surface area contributed by atoms with Crippen molar-refractivity contribution in [1.82, 2.24) is 0 Å². The molecule has 0 spiro atoms. The van der Waals surface area contributed by atoms with E-state index in [1.807, 2.05) is 0 Å². The Labute approximate surface area is 82.7 Å². The molecule has 0 N–H and O–H groups in total. The van der Waals surface area contributed by atoms with Crippen molar-refractivity contribution in [3.8, 4) is 0 Å². The molecule has 0 bridgehead atoms. The molecule has 0 aromatic heterocycles. The first-order chi connectivity index (χ1) is 6.10. The Balaban J connectivity index is 3.88. The molecule has 0 heterocycles. The van der Waals surface area contributed by atoms with Gasteiger partial charge >= 0.3 is 5.97 Å². The predicted molar refractivity (Wildman–Crippen MR) is 58.6 cm³/mol. The quantitative estimate of drug-likeness (QED) is 0.489. The van der Waals surface area contributed by atoms with Crippen LogP contribution < -0.4 is 0 Å². The monoisotopic (exact) mass is 202 g/mol. The molecule has 0 atom stereocenters. The van der Waals surface area contributed by atoms with Gasteiger partial charge in [-0.3, -0.25) is 4.79 Å². The molecular weight excluding hydrogens is 180 g/mol. The highest BCUT2D eigenvalue weighted by atomic mass is 28.3. The van der Waals surface area contributed by atoms with Crippen LogP contribution in [0.1, 0.15) is 27.7 Å². The maximum absolute atomic E-state index is 10.6. The number of carbonyl (C=O) groups excluding carboxylic acids is 1. The van der Waals surface area contributed by atoms with Gasteiger partial charge in [0.1, 0.15) is 0 Å². The minimum atomic E-state index is -1.06. The van der Waals surface area contributed by atoms with Crippen molar-refractivity contribution < 1.29 is 9.53 Å². The average Bonchev–Trinajstić information content (AvgIpc) is 2.13. The van der Waals surface area contributed by atoms with Gasteiger partial charge in [0.15, 0.2) is 0 Å². The fourth-order valence-electron chi connectivity index (χ4n) is 1.69. The van der Waals surface area contributed by atoms with Crippen LogP contribution in [-0.4, -0.2) is 20.7 Å². The maximum atomic E-state index is 10.6. The zero-order valence-corrected chi connectivity index (χ0v) is 10.4. The van der Waals surface area contributed by atoms with E-state index in [1.165, 1.54) is 25.1 Å². The lowest BCUT2D eigenvalue weighted by atomic mass is 10.8. The van der Waals surface area contributed by atoms with E-state index in [2.05, 4.69) is 20.8 Å². The molecule has 0 unspecified atom stereocenters. The van der Waals surface area contributed by atoms with Crippen LogP contribution in [0.2, 0.25) is 24.2 Å². The number of esters is 1. The van der Waals surface area contributed by atoms with Gasteiger partial charge in [0.2, 0.25) is 0 Å². The van der Waals surface area contributed by atoms with E-state index >= 15 is 0 Å². The molecule has 0 aliphatic rings. The van der Waals surface area contributed by atoms with Gasteiger partial charge in [-0.15, -0.1) is 0 Å². The first-order valence-electron chi connectivity index (χ1n) is 5.23. The summed E-state index contributed by atoms with van der Waals surface area (Å²) in [7, 11) is -1.06. The normalized spacial score (nSPS) is 11.4. The third kappa shape index (κ3) is 4.46. The fraction of sp³-hybridized carbons (Fsp3) is 0.900. The van der Waals surface area contributed by atoms with E-state index in [0.717, 1.165) is 6.04 Å². The van der Waals surface area contributed by atoms with E-state index < -0.39 is 8.07 Å². The summed E-state index contributed by atoms with van der Waals surface area (Å²) in [6.07, 6.45) is 0. The zero-order chi connectivity index (χ0) is 10.3. The average molecular weight is 202 g/mol. The van der Waals surface area contributed by atoms with Gasteiger partial charge in [-0.05, 0) is 6.04 Å². The van der Waals surface area contributed by atoms with E-state index in [4.69, 9.17) is 4.74 Å². The van der Waals surface area contributed by atoms with Crippen LogP contribution in [-0.2, 0) is 9.53 Å². The molecule has 0 saturated heterocycles. The second-order valence-corrected chi connectivity index (χ2v) is 9.27. The summed E-state index contributed by atoms with van der Waals surface area (Å²) < 4.78 is 5.00. The third-order valence-corrected chi connectivity index (χ3v) is 8.95. The summed E-state index contributed by atoms with van der Waals surface area (Å²) in [6.45, 7) is 8.93. The highest BCUT2D eigenvalue weighted by Crippen LogP contribution is 2.24. The highest BCUT2D eigenvalue weighted by Gasteiger charge is 2.26. The van der Waals surface area contributed by atoms with Gasteiger partial charge in [-0.2, -0.15) is 0 Å².